The number of carbonyl (C=O) groups excluding carboxylic acids is 1. The fourth-order valence-corrected chi connectivity index (χ4v) is 3.46. The number of rotatable bonds is 4. The molecule has 0 bridgehead atoms. The van der Waals surface area contributed by atoms with E-state index in [1.165, 1.54) is 25.7 Å². The number of hydrogen-bond donors (Lipinski definition) is 2. The number of aromatic nitrogens is 1. The summed E-state index contributed by atoms with van der Waals surface area (Å²) in [5.74, 6) is 0.904. The van der Waals surface area contributed by atoms with Gasteiger partial charge in [-0.2, -0.15) is 0 Å². The van der Waals surface area contributed by atoms with E-state index in [1.807, 2.05) is 30.3 Å². The van der Waals surface area contributed by atoms with Crippen molar-refractivity contribution in [2.45, 2.75) is 51.5 Å². The summed E-state index contributed by atoms with van der Waals surface area (Å²) in [5, 5.41) is 4.28. The molecule has 1 amide bonds. The van der Waals surface area contributed by atoms with Crippen LogP contribution in [0.2, 0.25) is 0 Å². The van der Waals surface area contributed by atoms with Crippen molar-refractivity contribution >= 4 is 16.8 Å². The summed E-state index contributed by atoms with van der Waals surface area (Å²) in [6.07, 6.45) is 7.36. The third-order valence-corrected chi connectivity index (χ3v) is 4.65. The van der Waals surface area contributed by atoms with Gasteiger partial charge in [0.2, 0.25) is 0 Å². The molecule has 1 heterocycles. The number of aromatic amines is 1. The first-order valence-corrected chi connectivity index (χ1v) is 8.15. The maximum absolute atomic E-state index is 12.3. The van der Waals surface area contributed by atoms with E-state index in [2.05, 4.69) is 17.2 Å². The molecule has 112 valence electrons. The van der Waals surface area contributed by atoms with Crippen LogP contribution in [0.25, 0.3) is 10.9 Å². The summed E-state index contributed by atoms with van der Waals surface area (Å²) in [6.45, 7) is 2.25. The minimum absolute atomic E-state index is 0.0325. The van der Waals surface area contributed by atoms with Crippen LogP contribution in [0.3, 0.4) is 0 Å². The number of hydrogen-bond acceptors (Lipinski definition) is 1. The molecule has 2 aromatic rings. The van der Waals surface area contributed by atoms with Crippen molar-refractivity contribution in [1.29, 1.82) is 0 Å². The quantitative estimate of drug-likeness (QED) is 0.866. The van der Waals surface area contributed by atoms with Gasteiger partial charge in [-0.25, -0.2) is 0 Å². The zero-order valence-electron chi connectivity index (χ0n) is 12.7. The smallest absolute Gasteiger partial charge is 0.267 e. The van der Waals surface area contributed by atoms with Gasteiger partial charge in [-0.15, -0.1) is 0 Å². The second-order valence-corrected chi connectivity index (χ2v) is 6.25. The van der Waals surface area contributed by atoms with E-state index in [9.17, 15) is 4.79 Å². The van der Waals surface area contributed by atoms with Crippen LogP contribution in [-0.4, -0.2) is 16.9 Å². The maximum Gasteiger partial charge on any atom is 0.267 e. The maximum atomic E-state index is 12.3. The topological polar surface area (TPSA) is 44.9 Å². The molecule has 3 heteroatoms. The average molecular weight is 284 g/mol. The molecule has 0 aliphatic heterocycles. The van der Waals surface area contributed by atoms with E-state index in [1.54, 1.807) is 0 Å². The Balaban J connectivity index is 1.59. The lowest BCUT2D eigenvalue weighted by Gasteiger charge is -2.28. The van der Waals surface area contributed by atoms with Crippen LogP contribution in [0.1, 0.15) is 55.9 Å². The molecule has 1 aromatic carbocycles. The first kappa shape index (κ1) is 14.2. The Morgan fingerprint density at radius 2 is 2.00 bits per heavy atom. The summed E-state index contributed by atoms with van der Waals surface area (Å²) >= 11 is 0. The summed E-state index contributed by atoms with van der Waals surface area (Å²) in [6, 6.07) is 10.3. The molecule has 1 saturated carbocycles. The van der Waals surface area contributed by atoms with Crippen molar-refractivity contribution in [3.63, 3.8) is 0 Å². The SMILES string of the molecule is CCCC1CCC(NC(=O)c2cc3ccccc3[nH]2)CC1. The van der Waals surface area contributed by atoms with Gasteiger partial charge in [0, 0.05) is 16.9 Å². The lowest BCUT2D eigenvalue weighted by Crippen LogP contribution is -2.37. The highest BCUT2D eigenvalue weighted by molar-refractivity contribution is 5.98. The molecular weight excluding hydrogens is 260 g/mol. The van der Waals surface area contributed by atoms with E-state index >= 15 is 0 Å². The van der Waals surface area contributed by atoms with Gasteiger partial charge in [-0.3, -0.25) is 4.79 Å². The number of fused-ring (bicyclic) bond motifs is 1. The first-order chi connectivity index (χ1) is 10.3. The molecule has 3 rings (SSSR count). The van der Waals surface area contributed by atoms with Gasteiger partial charge >= 0.3 is 0 Å². The molecule has 0 atom stereocenters. The van der Waals surface area contributed by atoms with Crippen LogP contribution in [0, 0.1) is 5.92 Å². The highest BCUT2D eigenvalue weighted by atomic mass is 16.1. The van der Waals surface area contributed by atoms with Gasteiger partial charge < -0.3 is 10.3 Å². The van der Waals surface area contributed by atoms with Crippen LogP contribution in [0.5, 0.6) is 0 Å². The number of benzene rings is 1. The highest BCUT2D eigenvalue weighted by Crippen LogP contribution is 2.28. The molecule has 2 N–H and O–H groups in total. The highest BCUT2D eigenvalue weighted by Gasteiger charge is 2.22. The van der Waals surface area contributed by atoms with E-state index in [-0.39, 0.29) is 5.91 Å². The Morgan fingerprint density at radius 3 is 2.71 bits per heavy atom. The molecule has 1 aromatic heterocycles. The Bertz CT molecular complexity index is 575. The molecule has 1 fully saturated rings. The average Bonchev–Trinajstić information content (AvgIpc) is 2.94. The van der Waals surface area contributed by atoms with Crippen LogP contribution in [0.4, 0.5) is 0 Å². The Morgan fingerprint density at radius 1 is 1.24 bits per heavy atom. The predicted octanol–water partition coefficient (Wildman–Crippen LogP) is 4.26. The van der Waals surface area contributed by atoms with Gasteiger partial charge in [0.1, 0.15) is 5.69 Å². The first-order valence-electron chi connectivity index (χ1n) is 8.15. The van der Waals surface area contributed by atoms with Crippen LogP contribution < -0.4 is 5.32 Å². The second kappa shape index (κ2) is 6.33. The lowest BCUT2D eigenvalue weighted by molar-refractivity contribution is 0.0917. The molecule has 0 radical (unpaired) electrons. The van der Waals surface area contributed by atoms with Crippen molar-refractivity contribution in [1.82, 2.24) is 10.3 Å². The van der Waals surface area contributed by atoms with Crippen molar-refractivity contribution in [2.75, 3.05) is 0 Å². The van der Waals surface area contributed by atoms with Crippen molar-refractivity contribution < 1.29 is 4.79 Å². The number of para-hydroxylation sites is 1. The molecule has 3 nitrogen and oxygen atoms in total. The molecular formula is C18H24N2O. The minimum atomic E-state index is 0.0325. The molecule has 0 saturated heterocycles. The van der Waals surface area contributed by atoms with Gasteiger partial charge in [0.05, 0.1) is 0 Å². The zero-order chi connectivity index (χ0) is 14.7. The van der Waals surface area contributed by atoms with Gasteiger partial charge in [-0.1, -0.05) is 38.0 Å². The molecule has 0 spiro atoms. The van der Waals surface area contributed by atoms with E-state index in [4.69, 9.17) is 0 Å². The molecule has 0 unspecified atom stereocenters. The van der Waals surface area contributed by atoms with Crippen molar-refractivity contribution in [3.8, 4) is 0 Å². The Labute approximate surface area is 126 Å². The van der Waals surface area contributed by atoms with Crippen LogP contribution in [0.15, 0.2) is 30.3 Å². The van der Waals surface area contributed by atoms with Gasteiger partial charge in [0.25, 0.3) is 5.91 Å². The van der Waals surface area contributed by atoms with E-state index in [0.717, 1.165) is 29.7 Å². The normalized spacial score (nSPS) is 22.3. The molecule has 1 aliphatic rings. The summed E-state index contributed by atoms with van der Waals surface area (Å²) in [4.78, 5) is 15.5. The number of amides is 1. The van der Waals surface area contributed by atoms with Gasteiger partial charge in [-0.05, 0) is 43.7 Å². The number of H-pyrrole nitrogens is 1. The Kier molecular flexibility index (Phi) is 4.28. The lowest BCUT2D eigenvalue weighted by atomic mass is 9.83. The van der Waals surface area contributed by atoms with Crippen molar-refractivity contribution in [2.24, 2.45) is 5.92 Å². The fraction of sp³-hybridized carbons (Fsp3) is 0.500. The third kappa shape index (κ3) is 3.29. The third-order valence-electron chi connectivity index (χ3n) is 4.65. The second-order valence-electron chi connectivity index (χ2n) is 6.25. The van der Waals surface area contributed by atoms with Crippen molar-refractivity contribution in [3.05, 3.63) is 36.0 Å². The minimum Gasteiger partial charge on any atom is -0.351 e. The standard InChI is InChI=1S/C18H24N2O/c1-2-5-13-8-10-15(11-9-13)19-18(21)17-12-14-6-3-4-7-16(14)20-17/h3-4,6-7,12-13,15,20H,2,5,8-11H2,1H3,(H,19,21). The Hall–Kier alpha value is -1.77. The van der Waals surface area contributed by atoms with Crippen LogP contribution in [-0.2, 0) is 0 Å². The molecule has 1 aliphatic carbocycles. The summed E-state index contributed by atoms with van der Waals surface area (Å²) < 4.78 is 0. The monoisotopic (exact) mass is 284 g/mol. The van der Waals surface area contributed by atoms with E-state index in [0.29, 0.717) is 11.7 Å². The summed E-state index contributed by atoms with van der Waals surface area (Å²) in [7, 11) is 0. The zero-order valence-corrected chi connectivity index (χ0v) is 12.7. The number of carbonyl (C=O) groups is 1. The van der Waals surface area contributed by atoms with Crippen LogP contribution >= 0.6 is 0 Å². The molecule has 21 heavy (non-hydrogen) atoms. The van der Waals surface area contributed by atoms with Gasteiger partial charge in [0.15, 0.2) is 0 Å². The fourth-order valence-electron chi connectivity index (χ4n) is 3.46. The largest absolute Gasteiger partial charge is 0.351 e. The predicted molar refractivity (Wildman–Crippen MR) is 86.4 cm³/mol. The summed E-state index contributed by atoms with van der Waals surface area (Å²) in [5.41, 5.74) is 1.70. The van der Waals surface area contributed by atoms with E-state index < -0.39 is 0 Å². The number of nitrogens with one attached hydrogen (secondary N) is 2.